The number of likely N-dealkylation sites (tertiary alicyclic amines) is 1. The molecular weight excluding hydrogens is 335 g/mol. The molecule has 0 amide bonds. The summed E-state index contributed by atoms with van der Waals surface area (Å²) >= 11 is 2.48. The quantitative estimate of drug-likeness (QED) is 0.662. The largest absolute Gasteiger partial charge is 0.326 e. The minimum atomic E-state index is 0.333. The summed E-state index contributed by atoms with van der Waals surface area (Å²) in [5.74, 6) is 0.664. The van der Waals surface area contributed by atoms with E-state index in [9.17, 15) is 0 Å². The number of hydrogen-bond acceptors (Lipinski definition) is 2. The lowest BCUT2D eigenvalue weighted by Gasteiger charge is -2.40. The number of piperidine rings is 1. The summed E-state index contributed by atoms with van der Waals surface area (Å²) in [4.78, 5) is 2.58. The Labute approximate surface area is 124 Å². The third-order valence-corrected chi connectivity index (χ3v) is 4.68. The molecule has 2 rings (SSSR count). The van der Waals surface area contributed by atoms with Gasteiger partial charge in [-0.1, -0.05) is 59.8 Å². The summed E-state index contributed by atoms with van der Waals surface area (Å²) in [5.41, 5.74) is 7.68. The zero-order valence-electron chi connectivity index (χ0n) is 11.1. The summed E-state index contributed by atoms with van der Waals surface area (Å²) in [6.07, 6.45) is 2.44. The maximum Gasteiger partial charge on any atom is 0.0356 e. The van der Waals surface area contributed by atoms with Crippen LogP contribution in [-0.2, 0) is 0 Å². The van der Waals surface area contributed by atoms with E-state index < -0.39 is 0 Å². The summed E-state index contributed by atoms with van der Waals surface area (Å²) in [6, 6.07) is 11.8. The highest BCUT2D eigenvalue weighted by molar-refractivity contribution is 14.1. The molecule has 1 aromatic rings. The van der Waals surface area contributed by atoms with E-state index in [4.69, 9.17) is 5.73 Å². The van der Waals surface area contributed by atoms with Crippen molar-refractivity contribution in [3.8, 4) is 0 Å². The Balaban J connectivity index is 2.11. The molecule has 2 nitrogen and oxygen atoms in total. The molecule has 1 unspecified atom stereocenters. The van der Waals surface area contributed by atoms with E-state index in [0.717, 1.165) is 6.54 Å². The smallest absolute Gasteiger partial charge is 0.0356 e. The highest BCUT2D eigenvalue weighted by Gasteiger charge is 2.28. The van der Waals surface area contributed by atoms with Crippen molar-refractivity contribution in [2.45, 2.75) is 31.8 Å². The van der Waals surface area contributed by atoms with Crippen molar-refractivity contribution in [2.24, 2.45) is 11.7 Å². The third kappa shape index (κ3) is 3.45. The second kappa shape index (κ2) is 6.87. The van der Waals surface area contributed by atoms with Crippen LogP contribution in [-0.4, -0.2) is 28.5 Å². The van der Waals surface area contributed by atoms with E-state index in [2.05, 4.69) is 64.7 Å². The Bertz CT molecular complexity index is 355. The molecule has 18 heavy (non-hydrogen) atoms. The molecule has 3 heteroatoms. The van der Waals surface area contributed by atoms with Gasteiger partial charge in [-0.25, -0.2) is 0 Å². The normalized spacial score (nSPS) is 27.1. The lowest BCUT2D eigenvalue weighted by atomic mass is 9.91. The van der Waals surface area contributed by atoms with Crippen LogP contribution in [0.4, 0.5) is 0 Å². The highest BCUT2D eigenvalue weighted by atomic mass is 127. The number of alkyl halides is 1. The molecule has 1 saturated heterocycles. The Morgan fingerprint density at radius 3 is 2.72 bits per heavy atom. The van der Waals surface area contributed by atoms with Crippen LogP contribution in [0.3, 0.4) is 0 Å². The van der Waals surface area contributed by atoms with Crippen molar-refractivity contribution in [1.29, 1.82) is 0 Å². The van der Waals surface area contributed by atoms with Crippen molar-refractivity contribution in [1.82, 2.24) is 4.90 Å². The van der Waals surface area contributed by atoms with E-state index in [0.29, 0.717) is 18.0 Å². The van der Waals surface area contributed by atoms with Gasteiger partial charge in [0.2, 0.25) is 0 Å². The number of halogens is 1. The molecule has 0 bridgehead atoms. The zero-order chi connectivity index (χ0) is 13.0. The molecule has 1 aliphatic rings. The Morgan fingerprint density at radius 2 is 2.11 bits per heavy atom. The second-order valence-corrected chi connectivity index (χ2v) is 6.41. The van der Waals surface area contributed by atoms with Gasteiger partial charge in [0.05, 0.1) is 0 Å². The zero-order valence-corrected chi connectivity index (χ0v) is 13.2. The van der Waals surface area contributed by atoms with Crippen LogP contribution < -0.4 is 5.73 Å². The molecule has 0 radical (unpaired) electrons. The summed E-state index contributed by atoms with van der Waals surface area (Å²) in [5, 5.41) is 0. The first-order valence-electron chi connectivity index (χ1n) is 6.83. The fraction of sp³-hybridized carbons (Fsp3) is 0.600. The number of nitrogens with two attached hydrogens (primary N) is 1. The molecule has 3 atom stereocenters. The first-order chi connectivity index (χ1) is 8.72. The molecule has 0 aromatic heterocycles. The van der Waals surface area contributed by atoms with Gasteiger partial charge in [0.15, 0.2) is 0 Å². The van der Waals surface area contributed by atoms with E-state index >= 15 is 0 Å². The molecule has 1 aliphatic heterocycles. The monoisotopic (exact) mass is 358 g/mol. The molecule has 1 fully saturated rings. The highest BCUT2D eigenvalue weighted by Crippen LogP contribution is 2.29. The predicted octanol–water partition coefficient (Wildman–Crippen LogP) is 3.22. The van der Waals surface area contributed by atoms with Crippen molar-refractivity contribution in [3.05, 3.63) is 35.9 Å². The fourth-order valence-electron chi connectivity index (χ4n) is 2.75. The second-order valence-electron chi connectivity index (χ2n) is 5.33. The van der Waals surface area contributed by atoms with E-state index in [-0.39, 0.29) is 0 Å². The van der Waals surface area contributed by atoms with E-state index in [1.54, 1.807) is 0 Å². The Kier molecular flexibility index (Phi) is 5.45. The van der Waals surface area contributed by atoms with Crippen LogP contribution >= 0.6 is 22.6 Å². The van der Waals surface area contributed by atoms with Gasteiger partial charge >= 0.3 is 0 Å². The van der Waals surface area contributed by atoms with Gasteiger partial charge in [-0.2, -0.15) is 0 Å². The minimum Gasteiger partial charge on any atom is -0.326 e. The van der Waals surface area contributed by atoms with Gasteiger partial charge in [0, 0.05) is 23.1 Å². The maximum atomic E-state index is 6.24. The number of hydrogen-bond donors (Lipinski definition) is 1. The Hall–Kier alpha value is -0.130. The molecule has 0 saturated carbocycles. The molecule has 100 valence electrons. The molecular formula is C15H23IN2. The summed E-state index contributed by atoms with van der Waals surface area (Å²) in [6.45, 7) is 4.50. The first kappa shape index (κ1) is 14.3. The lowest BCUT2D eigenvalue weighted by molar-refractivity contribution is 0.118. The number of benzene rings is 1. The van der Waals surface area contributed by atoms with Crippen LogP contribution in [0.15, 0.2) is 30.3 Å². The van der Waals surface area contributed by atoms with Crippen molar-refractivity contribution in [3.63, 3.8) is 0 Å². The Morgan fingerprint density at radius 1 is 1.39 bits per heavy atom. The van der Waals surface area contributed by atoms with Crippen molar-refractivity contribution < 1.29 is 0 Å². The average Bonchev–Trinajstić information content (AvgIpc) is 2.40. The van der Waals surface area contributed by atoms with Crippen LogP contribution in [0.1, 0.15) is 31.4 Å². The SMILES string of the molecule is C[C@H]1CCN(C(CCI)c2ccccc2)C[C@@H]1N. The topological polar surface area (TPSA) is 29.3 Å². The van der Waals surface area contributed by atoms with Crippen LogP contribution in [0, 0.1) is 5.92 Å². The molecule has 0 aliphatic carbocycles. The molecule has 2 N–H and O–H groups in total. The van der Waals surface area contributed by atoms with Crippen molar-refractivity contribution in [2.75, 3.05) is 17.5 Å². The lowest BCUT2D eigenvalue weighted by Crippen LogP contribution is -2.48. The van der Waals surface area contributed by atoms with E-state index in [1.165, 1.54) is 29.4 Å². The third-order valence-electron chi connectivity index (χ3n) is 4.06. The molecule has 1 aromatic carbocycles. The first-order valence-corrected chi connectivity index (χ1v) is 8.35. The van der Waals surface area contributed by atoms with Crippen LogP contribution in [0.25, 0.3) is 0 Å². The number of rotatable bonds is 4. The van der Waals surface area contributed by atoms with Gasteiger partial charge in [-0.05, 0) is 30.9 Å². The van der Waals surface area contributed by atoms with Gasteiger partial charge < -0.3 is 5.73 Å². The van der Waals surface area contributed by atoms with Crippen LogP contribution in [0.5, 0.6) is 0 Å². The standard InChI is InChI=1S/C15H23IN2/c1-12-8-10-18(11-14(12)17)15(7-9-16)13-5-3-2-4-6-13/h2-6,12,14-15H,7-11,17H2,1H3/t12-,14-,15?/m0/s1. The number of nitrogens with zero attached hydrogens (tertiary/aromatic N) is 1. The molecule has 1 heterocycles. The van der Waals surface area contributed by atoms with Crippen molar-refractivity contribution >= 4 is 22.6 Å². The summed E-state index contributed by atoms with van der Waals surface area (Å²) < 4.78 is 1.19. The fourth-order valence-corrected chi connectivity index (χ4v) is 3.34. The summed E-state index contributed by atoms with van der Waals surface area (Å²) in [7, 11) is 0. The molecule has 0 spiro atoms. The van der Waals surface area contributed by atoms with Gasteiger partial charge in [0.1, 0.15) is 0 Å². The maximum absolute atomic E-state index is 6.24. The van der Waals surface area contributed by atoms with E-state index in [1.807, 2.05) is 0 Å². The van der Waals surface area contributed by atoms with Crippen LogP contribution in [0.2, 0.25) is 0 Å². The van der Waals surface area contributed by atoms with Gasteiger partial charge in [0.25, 0.3) is 0 Å². The van der Waals surface area contributed by atoms with Gasteiger partial charge in [-0.3, -0.25) is 4.90 Å². The van der Waals surface area contributed by atoms with Gasteiger partial charge in [-0.15, -0.1) is 0 Å². The predicted molar refractivity (Wildman–Crippen MR) is 86.0 cm³/mol. The minimum absolute atomic E-state index is 0.333. The average molecular weight is 358 g/mol.